The number of nitro groups is 1. The van der Waals surface area contributed by atoms with Crippen molar-refractivity contribution < 1.29 is 19.0 Å². The van der Waals surface area contributed by atoms with E-state index in [0.29, 0.717) is 5.56 Å². The number of imide groups is 1. The Balaban J connectivity index is 1.48. The number of benzene rings is 1. The molecule has 1 aromatic heterocycles. The molecule has 3 amide bonds. The Morgan fingerprint density at radius 2 is 1.96 bits per heavy atom. The van der Waals surface area contributed by atoms with Gasteiger partial charge in [0.05, 0.1) is 4.92 Å². The van der Waals surface area contributed by atoms with E-state index in [2.05, 4.69) is 10.1 Å². The molecule has 2 fully saturated rings. The molecule has 1 aliphatic carbocycles. The van der Waals surface area contributed by atoms with E-state index >= 15 is 0 Å². The van der Waals surface area contributed by atoms with Crippen molar-refractivity contribution in [3.05, 3.63) is 40.3 Å². The van der Waals surface area contributed by atoms with Crippen LogP contribution in [0.4, 0.5) is 10.5 Å². The maximum Gasteiger partial charge on any atom is 0.327 e. The average Bonchev–Trinajstić information content (AvgIpc) is 3.27. The molecule has 25 heavy (non-hydrogen) atoms. The Kier molecular flexibility index (Phi) is 3.45. The molecule has 1 aromatic carbocycles. The van der Waals surface area contributed by atoms with Gasteiger partial charge in [0.1, 0.15) is 13.1 Å². The van der Waals surface area contributed by atoms with E-state index in [1.807, 2.05) is 0 Å². The van der Waals surface area contributed by atoms with Gasteiger partial charge in [0.25, 0.3) is 11.6 Å². The van der Waals surface area contributed by atoms with Crippen LogP contribution in [0.2, 0.25) is 0 Å². The van der Waals surface area contributed by atoms with Gasteiger partial charge in [-0.3, -0.25) is 19.8 Å². The average molecular weight is 343 g/mol. The third-order valence-corrected chi connectivity index (χ3v) is 4.17. The van der Waals surface area contributed by atoms with Crippen molar-refractivity contribution in [3.63, 3.8) is 0 Å². The van der Waals surface area contributed by atoms with Crippen molar-refractivity contribution in [2.45, 2.75) is 25.4 Å². The van der Waals surface area contributed by atoms with Gasteiger partial charge in [-0.1, -0.05) is 5.16 Å². The van der Waals surface area contributed by atoms with Crippen LogP contribution in [0.1, 0.15) is 18.7 Å². The summed E-state index contributed by atoms with van der Waals surface area (Å²) in [5, 5.41) is 14.5. The molecule has 0 atom stereocenters. The number of hydrogen-bond acceptors (Lipinski definition) is 7. The second-order valence-electron chi connectivity index (χ2n) is 5.94. The highest BCUT2D eigenvalue weighted by Crippen LogP contribution is 2.30. The van der Waals surface area contributed by atoms with Crippen LogP contribution < -0.4 is 0 Å². The van der Waals surface area contributed by atoms with Gasteiger partial charge < -0.3 is 9.42 Å². The molecule has 4 rings (SSSR count). The molecule has 1 saturated heterocycles. The zero-order valence-corrected chi connectivity index (χ0v) is 13.0. The summed E-state index contributed by atoms with van der Waals surface area (Å²) in [5.41, 5.74) is 0.500. The monoisotopic (exact) mass is 343 g/mol. The highest BCUT2D eigenvalue weighted by molar-refractivity contribution is 6.02. The first-order valence-corrected chi connectivity index (χ1v) is 7.71. The van der Waals surface area contributed by atoms with Crippen molar-refractivity contribution >= 4 is 17.6 Å². The molecule has 0 spiro atoms. The molecule has 2 aromatic rings. The molecule has 1 aliphatic heterocycles. The third-order valence-electron chi connectivity index (χ3n) is 4.17. The molecule has 0 radical (unpaired) electrons. The quantitative estimate of drug-likeness (QED) is 0.458. The predicted octanol–water partition coefficient (Wildman–Crippen LogP) is 1.57. The lowest BCUT2D eigenvalue weighted by Gasteiger charge is -2.14. The minimum Gasteiger partial charge on any atom is -0.337 e. The Labute approximate surface area is 141 Å². The maximum atomic E-state index is 12.3. The van der Waals surface area contributed by atoms with Crippen molar-refractivity contribution in [2.75, 3.05) is 6.54 Å². The number of non-ortho nitro benzene ring substituents is 1. The second kappa shape index (κ2) is 5.65. The van der Waals surface area contributed by atoms with Gasteiger partial charge in [0.2, 0.25) is 11.7 Å². The van der Waals surface area contributed by atoms with Crippen LogP contribution in [0.5, 0.6) is 0 Å². The SMILES string of the molecule is O=C1CN(C2CC2)C(=O)N1Cc1nc(-c2ccc([N+](=O)[O-])cc2)no1. The minimum absolute atomic E-state index is 0.0408. The van der Waals surface area contributed by atoms with E-state index in [-0.39, 0.29) is 48.5 Å². The van der Waals surface area contributed by atoms with E-state index in [0.717, 1.165) is 17.7 Å². The van der Waals surface area contributed by atoms with Crippen LogP contribution in [0.3, 0.4) is 0 Å². The highest BCUT2D eigenvalue weighted by Gasteiger charge is 2.44. The number of aromatic nitrogens is 2. The van der Waals surface area contributed by atoms with E-state index in [4.69, 9.17) is 4.52 Å². The van der Waals surface area contributed by atoms with E-state index in [9.17, 15) is 19.7 Å². The molecule has 0 bridgehead atoms. The van der Waals surface area contributed by atoms with Crippen molar-refractivity contribution in [2.24, 2.45) is 0 Å². The summed E-state index contributed by atoms with van der Waals surface area (Å²) in [4.78, 5) is 41.3. The van der Waals surface area contributed by atoms with Gasteiger partial charge in [-0.15, -0.1) is 0 Å². The second-order valence-corrected chi connectivity index (χ2v) is 5.94. The molecule has 10 nitrogen and oxygen atoms in total. The summed E-state index contributed by atoms with van der Waals surface area (Å²) < 4.78 is 5.11. The molecule has 1 saturated carbocycles. The van der Waals surface area contributed by atoms with E-state index < -0.39 is 4.92 Å². The Morgan fingerprint density at radius 1 is 1.24 bits per heavy atom. The van der Waals surface area contributed by atoms with Crippen LogP contribution in [0, 0.1) is 10.1 Å². The highest BCUT2D eigenvalue weighted by atomic mass is 16.6. The van der Waals surface area contributed by atoms with Gasteiger partial charge >= 0.3 is 6.03 Å². The van der Waals surface area contributed by atoms with Crippen LogP contribution in [0.15, 0.2) is 28.8 Å². The number of carbonyl (C=O) groups is 2. The standard InChI is InChI=1S/C15H13N5O5/c21-13-8-18(10-5-6-10)15(22)19(13)7-12-16-14(17-25-12)9-1-3-11(4-2-9)20(23)24/h1-4,10H,5-8H2. The number of carbonyl (C=O) groups excluding carboxylic acids is 2. The lowest BCUT2D eigenvalue weighted by molar-refractivity contribution is -0.384. The maximum absolute atomic E-state index is 12.3. The molecule has 0 N–H and O–H groups in total. The zero-order chi connectivity index (χ0) is 17.6. The van der Waals surface area contributed by atoms with Crippen LogP contribution >= 0.6 is 0 Å². The number of hydrogen-bond donors (Lipinski definition) is 0. The summed E-state index contributed by atoms with van der Waals surface area (Å²) in [6.07, 6.45) is 1.86. The molecular formula is C15H13N5O5. The fourth-order valence-electron chi connectivity index (χ4n) is 2.69. The summed E-state index contributed by atoms with van der Waals surface area (Å²) >= 11 is 0. The predicted molar refractivity (Wildman–Crippen MR) is 82.1 cm³/mol. The summed E-state index contributed by atoms with van der Waals surface area (Å²) in [6, 6.07) is 5.53. The largest absolute Gasteiger partial charge is 0.337 e. The van der Waals surface area contributed by atoms with Gasteiger partial charge in [-0.25, -0.2) is 4.79 Å². The smallest absolute Gasteiger partial charge is 0.327 e. The van der Waals surface area contributed by atoms with Crippen LogP contribution in [0.25, 0.3) is 11.4 Å². The normalized spacial score (nSPS) is 17.4. The molecule has 2 aliphatic rings. The Bertz CT molecular complexity index is 857. The van der Waals surface area contributed by atoms with Crippen LogP contribution in [-0.2, 0) is 11.3 Å². The van der Waals surface area contributed by atoms with Gasteiger partial charge in [-0.2, -0.15) is 4.98 Å². The molecule has 0 unspecified atom stereocenters. The number of urea groups is 1. The summed E-state index contributed by atoms with van der Waals surface area (Å²) in [5.74, 6) is 0.0859. The van der Waals surface area contributed by atoms with Gasteiger partial charge in [0.15, 0.2) is 0 Å². The number of rotatable bonds is 5. The number of amides is 3. The van der Waals surface area contributed by atoms with Gasteiger partial charge in [-0.05, 0) is 25.0 Å². The van der Waals surface area contributed by atoms with Crippen molar-refractivity contribution in [1.82, 2.24) is 19.9 Å². The summed E-state index contributed by atoms with van der Waals surface area (Å²) in [7, 11) is 0. The molecule has 10 heteroatoms. The Hall–Kier alpha value is -3.30. The third kappa shape index (κ3) is 2.82. The first-order valence-electron chi connectivity index (χ1n) is 7.71. The van der Waals surface area contributed by atoms with E-state index in [1.165, 1.54) is 24.3 Å². The van der Waals surface area contributed by atoms with Crippen molar-refractivity contribution in [1.29, 1.82) is 0 Å². The minimum atomic E-state index is -0.498. The lowest BCUT2D eigenvalue weighted by atomic mass is 10.2. The number of nitro benzene ring substituents is 1. The zero-order valence-electron chi connectivity index (χ0n) is 13.0. The first-order chi connectivity index (χ1) is 12.0. The fraction of sp³-hybridized carbons (Fsp3) is 0.333. The topological polar surface area (TPSA) is 123 Å². The lowest BCUT2D eigenvalue weighted by Crippen LogP contribution is -2.33. The first kappa shape index (κ1) is 15.2. The summed E-state index contributed by atoms with van der Waals surface area (Å²) in [6.45, 7) is 0.00765. The molecule has 128 valence electrons. The van der Waals surface area contributed by atoms with Gasteiger partial charge in [0, 0.05) is 23.7 Å². The van der Waals surface area contributed by atoms with Crippen molar-refractivity contribution in [3.8, 4) is 11.4 Å². The fourth-order valence-corrected chi connectivity index (χ4v) is 2.69. The van der Waals surface area contributed by atoms with Crippen LogP contribution in [-0.4, -0.2) is 49.4 Å². The molecular weight excluding hydrogens is 330 g/mol. The number of nitrogens with zero attached hydrogens (tertiary/aromatic N) is 5. The van der Waals surface area contributed by atoms with E-state index in [1.54, 1.807) is 4.90 Å². The molecule has 2 heterocycles. The Morgan fingerprint density at radius 3 is 2.60 bits per heavy atom.